The molecule has 2 N–H and O–H groups in total. The molecule has 3 heteroatoms. The van der Waals surface area contributed by atoms with E-state index in [2.05, 4.69) is 41.5 Å². The van der Waals surface area contributed by atoms with Crippen molar-refractivity contribution in [3.05, 3.63) is 0 Å². The van der Waals surface area contributed by atoms with Crippen LogP contribution in [0, 0.1) is 5.92 Å². The number of unbranched alkanes of at least 4 members (excludes halogenated alkanes) is 7. The van der Waals surface area contributed by atoms with Gasteiger partial charge < -0.3 is 15.2 Å². The highest BCUT2D eigenvalue weighted by Crippen LogP contribution is 2.28. The second-order valence-electron chi connectivity index (χ2n) is 9.90. The molecule has 0 saturated carbocycles. The molecule has 0 amide bonds. The molecule has 0 fully saturated rings. The lowest BCUT2D eigenvalue weighted by Gasteiger charge is -2.33. The standard InChI is InChI=1S/C25H53NO2/c1-7-9-11-13-15-17-23(16-14-12-10-8-2)18-19-24(3,4)28-22-25(5,6)27-21-20-26/h23H,7-22,26H2,1-6H3. The Morgan fingerprint density at radius 3 is 1.75 bits per heavy atom. The minimum atomic E-state index is -0.268. The summed E-state index contributed by atoms with van der Waals surface area (Å²) in [6, 6.07) is 0. The lowest BCUT2D eigenvalue weighted by Crippen LogP contribution is -2.38. The normalized spacial score (nSPS) is 13.8. The fraction of sp³-hybridized carbons (Fsp3) is 1.00. The first-order valence-corrected chi connectivity index (χ1v) is 12.2. The van der Waals surface area contributed by atoms with Crippen LogP contribution in [0.1, 0.15) is 125 Å². The largest absolute Gasteiger partial charge is 0.373 e. The van der Waals surface area contributed by atoms with Crippen LogP contribution in [-0.2, 0) is 9.47 Å². The average Bonchev–Trinajstić information content (AvgIpc) is 2.65. The molecule has 1 unspecified atom stereocenters. The molecule has 1 atom stereocenters. The van der Waals surface area contributed by atoms with E-state index in [1.807, 2.05) is 0 Å². The van der Waals surface area contributed by atoms with Gasteiger partial charge in [0.2, 0.25) is 0 Å². The van der Waals surface area contributed by atoms with Crippen LogP contribution in [0.3, 0.4) is 0 Å². The number of nitrogens with two attached hydrogens (primary N) is 1. The summed E-state index contributed by atoms with van der Waals surface area (Å²) in [7, 11) is 0. The third kappa shape index (κ3) is 16.8. The topological polar surface area (TPSA) is 44.5 Å². The van der Waals surface area contributed by atoms with Crippen molar-refractivity contribution >= 4 is 0 Å². The number of hydrogen-bond acceptors (Lipinski definition) is 3. The quantitative estimate of drug-likeness (QED) is 0.219. The minimum Gasteiger partial charge on any atom is -0.373 e. The molecule has 0 saturated heterocycles. The minimum absolute atomic E-state index is 0.0901. The lowest BCUT2D eigenvalue weighted by atomic mass is 9.87. The summed E-state index contributed by atoms with van der Waals surface area (Å²) in [5, 5.41) is 0. The first kappa shape index (κ1) is 27.9. The first-order chi connectivity index (χ1) is 13.3. The second kappa shape index (κ2) is 16.7. The van der Waals surface area contributed by atoms with Gasteiger partial charge in [0.1, 0.15) is 0 Å². The van der Waals surface area contributed by atoms with Gasteiger partial charge in [-0.2, -0.15) is 0 Å². The Bertz CT molecular complexity index is 341. The van der Waals surface area contributed by atoms with E-state index in [9.17, 15) is 0 Å². The monoisotopic (exact) mass is 399 g/mol. The van der Waals surface area contributed by atoms with Crippen molar-refractivity contribution in [3.63, 3.8) is 0 Å². The molecule has 0 heterocycles. The molecule has 0 aromatic heterocycles. The fourth-order valence-electron chi connectivity index (χ4n) is 3.70. The zero-order chi connectivity index (χ0) is 21.3. The molecule has 0 bridgehead atoms. The summed E-state index contributed by atoms with van der Waals surface area (Å²) < 4.78 is 12.1. The van der Waals surface area contributed by atoms with Crippen LogP contribution < -0.4 is 5.73 Å². The summed E-state index contributed by atoms with van der Waals surface area (Å²) in [6.45, 7) is 15.0. The molecule has 0 rings (SSSR count). The van der Waals surface area contributed by atoms with Gasteiger partial charge in [-0.05, 0) is 46.5 Å². The van der Waals surface area contributed by atoms with E-state index >= 15 is 0 Å². The van der Waals surface area contributed by atoms with Gasteiger partial charge in [0.05, 0.1) is 24.4 Å². The molecule has 0 aromatic carbocycles. The molecule has 0 aliphatic carbocycles. The van der Waals surface area contributed by atoms with E-state index in [4.69, 9.17) is 15.2 Å². The van der Waals surface area contributed by atoms with Crippen LogP contribution in [-0.4, -0.2) is 31.0 Å². The van der Waals surface area contributed by atoms with Crippen LogP contribution in [0.15, 0.2) is 0 Å². The summed E-state index contributed by atoms with van der Waals surface area (Å²) in [5.74, 6) is 0.864. The molecule has 0 aliphatic rings. The van der Waals surface area contributed by atoms with Gasteiger partial charge >= 0.3 is 0 Å². The van der Waals surface area contributed by atoms with E-state index < -0.39 is 0 Å². The second-order valence-corrected chi connectivity index (χ2v) is 9.90. The summed E-state index contributed by atoms with van der Waals surface area (Å²) in [4.78, 5) is 0. The van der Waals surface area contributed by atoms with Gasteiger partial charge in [0.25, 0.3) is 0 Å². The van der Waals surface area contributed by atoms with Gasteiger partial charge in [-0.15, -0.1) is 0 Å². The fourth-order valence-corrected chi connectivity index (χ4v) is 3.70. The smallest absolute Gasteiger partial charge is 0.0859 e. The SMILES string of the molecule is CCCCCCCC(CCCCCC)CCC(C)(C)OCC(C)(C)OCCN. The van der Waals surface area contributed by atoms with Gasteiger partial charge in [0, 0.05) is 6.54 Å². The third-order valence-corrected chi connectivity index (χ3v) is 5.76. The number of hydrogen-bond donors (Lipinski definition) is 1. The van der Waals surface area contributed by atoms with Crippen molar-refractivity contribution in [1.82, 2.24) is 0 Å². The molecular weight excluding hydrogens is 346 g/mol. The molecule has 0 spiro atoms. The third-order valence-electron chi connectivity index (χ3n) is 5.76. The predicted molar refractivity (Wildman–Crippen MR) is 124 cm³/mol. The Hall–Kier alpha value is -0.120. The van der Waals surface area contributed by atoms with E-state index in [-0.39, 0.29) is 11.2 Å². The van der Waals surface area contributed by atoms with Crippen LogP contribution >= 0.6 is 0 Å². The molecule has 28 heavy (non-hydrogen) atoms. The number of rotatable bonds is 20. The summed E-state index contributed by atoms with van der Waals surface area (Å²) >= 11 is 0. The van der Waals surface area contributed by atoms with Crippen molar-refractivity contribution in [1.29, 1.82) is 0 Å². The Kier molecular flexibility index (Phi) is 16.6. The summed E-state index contributed by atoms with van der Waals surface area (Å²) in [6.07, 6.45) is 17.7. The van der Waals surface area contributed by atoms with Crippen LogP contribution in [0.5, 0.6) is 0 Å². The van der Waals surface area contributed by atoms with Crippen LogP contribution in [0.4, 0.5) is 0 Å². The average molecular weight is 400 g/mol. The Balaban J connectivity index is 4.35. The zero-order valence-electron chi connectivity index (χ0n) is 20.3. The molecular formula is C25H53NO2. The lowest BCUT2D eigenvalue weighted by molar-refractivity contribution is -0.121. The Labute approximate surface area is 177 Å². The maximum Gasteiger partial charge on any atom is 0.0859 e. The number of ether oxygens (including phenoxy) is 2. The summed E-state index contributed by atoms with van der Waals surface area (Å²) in [5.41, 5.74) is 5.20. The van der Waals surface area contributed by atoms with Gasteiger partial charge in [-0.3, -0.25) is 0 Å². The zero-order valence-corrected chi connectivity index (χ0v) is 20.3. The van der Waals surface area contributed by atoms with Crippen molar-refractivity contribution in [2.75, 3.05) is 19.8 Å². The highest BCUT2D eigenvalue weighted by molar-refractivity contribution is 4.76. The van der Waals surface area contributed by atoms with Crippen LogP contribution in [0.2, 0.25) is 0 Å². The Morgan fingerprint density at radius 2 is 1.21 bits per heavy atom. The van der Waals surface area contributed by atoms with Crippen molar-refractivity contribution in [3.8, 4) is 0 Å². The first-order valence-electron chi connectivity index (χ1n) is 12.2. The van der Waals surface area contributed by atoms with Crippen molar-refractivity contribution in [2.45, 2.75) is 136 Å². The van der Waals surface area contributed by atoms with Crippen molar-refractivity contribution < 1.29 is 9.47 Å². The van der Waals surface area contributed by atoms with E-state index in [1.165, 1.54) is 77.0 Å². The molecule has 0 radical (unpaired) electrons. The van der Waals surface area contributed by atoms with Gasteiger partial charge in [-0.25, -0.2) is 0 Å². The predicted octanol–water partition coefficient (Wildman–Crippen LogP) is 7.26. The maximum absolute atomic E-state index is 6.28. The Morgan fingerprint density at radius 1 is 0.679 bits per heavy atom. The molecule has 3 nitrogen and oxygen atoms in total. The van der Waals surface area contributed by atoms with E-state index in [1.54, 1.807) is 0 Å². The molecule has 170 valence electrons. The molecule has 0 aliphatic heterocycles. The van der Waals surface area contributed by atoms with E-state index in [0.717, 1.165) is 12.3 Å². The maximum atomic E-state index is 6.28. The van der Waals surface area contributed by atoms with Crippen LogP contribution in [0.25, 0.3) is 0 Å². The molecule has 0 aromatic rings. The highest BCUT2D eigenvalue weighted by atomic mass is 16.6. The highest BCUT2D eigenvalue weighted by Gasteiger charge is 2.26. The van der Waals surface area contributed by atoms with E-state index in [0.29, 0.717) is 19.8 Å². The van der Waals surface area contributed by atoms with Crippen molar-refractivity contribution in [2.24, 2.45) is 11.7 Å². The van der Waals surface area contributed by atoms with Gasteiger partial charge in [-0.1, -0.05) is 84.5 Å². The van der Waals surface area contributed by atoms with Gasteiger partial charge in [0.15, 0.2) is 0 Å².